The molecule has 0 bridgehead atoms. The van der Waals surface area contributed by atoms with E-state index in [0.29, 0.717) is 11.9 Å². The molecule has 0 N–H and O–H groups in total. The van der Waals surface area contributed by atoms with Crippen LogP contribution in [0.5, 0.6) is 0 Å². The molecular formula is C19H29N3O. The van der Waals surface area contributed by atoms with Crippen LogP contribution in [-0.4, -0.2) is 46.4 Å². The van der Waals surface area contributed by atoms with Crippen LogP contribution in [0.3, 0.4) is 0 Å². The summed E-state index contributed by atoms with van der Waals surface area (Å²) in [5.74, 6) is 0.568. The average Bonchev–Trinajstić information content (AvgIpc) is 2.62. The molecule has 0 aliphatic carbocycles. The fraction of sp³-hybridized carbons (Fsp3) is 0.684. The van der Waals surface area contributed by atoms with Crippen LogP contribution in [0.2, 0.25) is 0 Å². The van der Waals surface area contributed by atoms with E-state index in [1.807, 2.05) is 18.3 Å². The fourth-order valence-electron chi connectivity index (χ4n) is 3.97. The van der Waals surface area contributed by atoms with Gasteiger partial charge in [0.15, 0.2) is 0 Å². The van der Waals surface area contributed by atoms with Crippen LogP contribution < -0.4 is 0 Å². The summed E-state index contributed by atoms with van der Waals surface area (Å²) in [6.07, 6.45) is 7.21. The highest BCUT2D eigenvalue weighted by molar-refractivity contribution is 5.79. The molecule has 3 rings (SSSR count). The second kappa shape index (κ2) is 7.43. The Morgan fingerprint density at radius 3 is 2.57 bits per heavy atom. The minimum Gasteiger partial charge on any atom is -0.334 e. The topological polar surface area (TPSA) is 36.4 Å². The van der Waals surface area contributed by atoms with Gasteiger partial charge in [-0.05, 0) is 71.2 Å². The number of carbonyl (C=O) groups is 1. The molecule has 4 nitrogen and oxygen atoms in total. The normalized spacial score (nSPS) is 24.1. The monoisotopic (exact) mass is 315 g/mol. The number of likely N-dealkylation sites (tertiary alicyclic amines) is 2. The quantitative estimate of drug-likeness (QED) is 0.859. The first-order chi connectivity index (χ1) is 11.2. The summed E-state index contributed by atoms with van der Waals surface area (Å²) in [6.45, 7) is 7.48. The number of nitrogens with zero attached hydrogens (tertiary/aromatic N) is 3. The van der Waals surface area contributed by atoms with Crippen LogP contribution in [0, 0.1) is 5.92 Å². The Bertz CT molecular complexity index is 509. The Balaban J connectivity index is 1.68. The minimum atomic E-state index is 0.181. The Morgan fingerprint density at radius 2 is 1.91 bits per heavy atom. The van der Waals surface area contributed by atoms with Gasteiger partial charge < -0.3 is 9.80 Å². The lowest BCUT2D eigenvalue weighted by atomic mass is 9.91. The van der Waals surface area contributed by atoms with Gasteiger partial charge >= 0.3 is 0 Å². The van der Waals surface area contributed by atoms with Crippen molar-refractivity contribution < 1.29 is 4.79 Å². The lowest BCUT2D eigenvalue weighted by Gasteiger charge is -2.40. The number of piperidine rings is 2. The van der Waals surface area contributed by atoms with E-state index in [1.54, 1.807) is 0 Å². The van der Waals surface area contributed by atoms with Crippen molar-refractivity contribution >= 4 is 5.91 Å². The second-order valence-electron chi connectivity index (χ2n) is 7.20. The lowest BCUT2D eigenvalue weighted by Crippen LogP contribution is -2.46. The molecule has 4 heteroatoms. The van der Waals surface area contributed by atoms with Crippen molar-refractivity contribution in [2.45, 2.75) is 58.0 Å². The third kappa shape index (κ3) is 3.74. The van der Waals surface area contributed by atoms with E-state index < -0.39 is 0 Å². The van der Waals surface area contributed by atoms with E-state index in [1.165, 1.54) is 6.42 Å². The second-order valence-corrected chi connectivity index (χ2v) is 7.20. The molecule has 2 saturated heterocycles. The van der Waals surface area contributed by atoms with Crippen LogP contribution in [0.15, 0.2) is 24.4 Å². The van der Waals surface area contributed by atoms with Gasteiger partial charge in [0.2, 0.25) is 5.91 Å². The third-order valence-electron chi connectivity index (χ3n) is 5.42. The Kier molecular flexibility index (Phi) is 5.31. The van der Waals surface area contributed by atoms with E-state index >= 15 is 0 Å². The molecule has 2 aliphatic heterocycles. The number of aromatic nitrogens is 1. The molecule has 1 aromatic heterocycles. The maximum Gasteiger partial charge on any atom is 0.226 e. The molecule has 0 spiro atoms. The zero-order chi connectivity index (χ0) is 16.2. The van der Waals surface area contributed by atoms with Crippen molar-refractivity contribution in [2.75, 3.05) is 19.6 Å². The highest BCUT2D eigenvalue weighted by Crippen LogP contribution is 2.32. The van der Waals surface area contributed by atoms with E-state index in [2.05, 4.69) is 34.7 Å². The third-order valence-corrected chi connectivity index (χ3v) is 5.42. The first kappa shape index (κ1) is 16.4. The highest BCUT2D eigenvalue weighted by atomic mass is 16.2. The molecule has 0 radical (unpaired) electrons. The van der Waals surface area contributed by atoms with Crippen LogP contribution in [0.1, 0.15) is 57.7 Å². The summed E-state index contributed by atoms with van der Waals surface area (Å²) in [7, 11) is 0. The van der Waals surface area contributed by atoms with E-state index in [4.69, 9.17) is 0 Å². The molecule has 126 valence electrons. The zero-order valence-corrected chi connectivity index (χ0v) is 14.4. The van der Waals surface area contributed by atoms with Crippen molar-refractivity contribution in [1.82, 2.24) is 14.8 Å². The minimum absolute atomic E-state index is 0.181. The van der Waals surface area contributed by atoms with Gasteiger partial charge in [0.1, 0.15) is 0 Å². The van der Waals surface area contributed by atoms with Crippen LogP contribution in [-0.2, 0) is 4.79 Å². The smallest absolute Gasteiger partial charge is 0.226 e. The van der Waals surface area contributed by atoms with Gasteiger partial charge in [-0.1, -0.05) is 6.07 Å². The highest BCUT2D eigenvalue weighted by Gasteiger charge is 2.34. The lowest BCUT2D eigenvalue weighted by molar-refractivity contribution is -0.141. The summed E-state index contributed by atoms with van der Waals surface area (Å²) in [5.41, 5.74) is 1.06. The SMILES string of the molecule is CC(C)N1CCC(C(=O)N2CCCC[C@@H]2c2ccccn2)CC1. The van der Waals surface area contributed by atoms with Gasteiger partial charge in [0.25, 0.3) is 0 Å². The van der Waals surface area contributed by atoms with Crippen LogP contribution >= 0.6 is 0 Å². The average molecular weight is 315 g/mol. The molecule has 2 fully saturated rings. The zero-order valence-electron chi connectivity index (χ0n) is 14.4. The van der Waals surface area contributed by atoms with E-state index in [0.717, 1.165) is 51.0 Å². The van der Waals surface area contributed by atoms with Gasteiger partial charge in [0.05, 0.1) is 11.7 Å². The maximum atomic E-state index is 13.1. The van der Waals surface area contributed by atoms with Crippen LogP contribution in [0.25, 0.3) is 0 Å². The fourth-order valence-corrected chi connectivity index (χ4v) is 3.97. The predicted molar refractivity (Wildman–Crippen MR) is 92.0 cm³/mol. The molecule has 0 saturated carbocycles. The van der Waals surface area contributed by atoms with Crippen molar-refractivity contribution in [3.05, 3.63) is 30.1 Å². The number of hydrogen-bond donors (Lipinski definition) is 0. The van der Waals surface area contributed by atoms with Crippen molar-refractivity contribution in [2.24, 2.45) is 5.92 Å². The largest absolute Gasteiger partial charge is 0.334 e. The van der Waals surface area contributed by atoms with Gasteiger partial charge in [0, 0.05) is 24.7 Å². The molecule has 23 heavy (non-hydrogen) atoms. The number of amides is 1. The van der Waals surface area contributed by atoms with Gasteiger partial charge in [-0.25, -0.2) is 0 Å². The molecule has 1 atom stereocenters. The molecule has 3 heterocycles. The first-order valence-electron chi connectivity index (χ1n) is 9.12. The van der Waals surface area contributed by atoms with Crippen LogP contribution in [0.4, 0.5) is 0 Å². The van der Waals surface area contributed by atoms with Gasteiger partial charge in [-0.2, -0.15) is 0 Å². The summed E-state index contributed by atoms with van der Waals surface area (Å²) in [4.78, 5) is 22.2. The van der Waals surface area contributed by atoms with Crippen molar-refractivity contribution in [3.8, 4) is 0 Å². The molecule has 1 amide bonds. The first-order valence-corrected chi connectivity index (χ1v) is 9.12. The molecule has 0 aromatic carbocycles. The summed E-state index contributed by atoms with van der Waals surface area (Å²) in [5, 5.41) is 0. The number of hydrogen-bond acceptors (Lipinski definition) is 3. The molecule has 1 aromatic rings. The molecule has 0 unspecified atom stereocenters. The van der Waals surface area contributed by atoms with Gasteiger partial charge in [-0.15, -0.1) is 0 Å². The number of rotatable bonds is 3. The molecular weight excluding hydrogens is 286 g/mol. The maximum absolute atomic E-state index is 13.1. The summed E-state index contributed by atoms with van der Waals surface area (Å²) in [6, 6.07) is 6.81. The van der Waals surface area contributed by atoms with Crippen molar-refractivity contribution in [3.63, 3.8) is 0 Å². The Labute approximate surface area is 139 Å². The van der Waals surface area contributed by atoms with Crippen molar-refractivity contribution in [1.29, 1.82) is 0 Å². The number of pyridine rings is 1. The molecule has 2 aliphatic rings. The summed E-state index contributed by atoms with van der Waals surface area (Å²) < 4.78 is 0. The number of carbonyl (C=O) groups excluding carboxylic acids is 1. The van der Waals surface area contributed by atoms with E-state index in [9.17, 15) is 4.79 Å². The summed E-state index contributed by atoms with van der Waals surface area (Å²) >= 11 is 0. The Hall–Kier alpha value is -1.42. The van der Waals surface area contributed by atoms with Gasteiger partial charge in [-0.3, -0.25) is 9.78 Å². The van der Waals surface area contributed by atoms with E-state index in [-0.39, 0.29) is 12.0 Å². The standard InChI is InChI=1S/C19H29N3O/c1-15(2)21-13-9-16(10-14-21)19(23)22-12-6-4-8-18(22)17-7-3-5-11-20-17/h3,5,7,11,15-16,18H,4,6,8-10,12-14H2,1-2H3/t18-/m1/s1. The Morgan fingerprint density at radius 1 is 1.13 bits per heavy atom. The predicted octanol–water partition coefficient (Wildman–Crippen LogP) is 3.26.